The van der Waals surface area contributed by atoms with E-state index in [1.807, 2.05) is 0 Å². The van der Waals surface area contributed by atoms with Crippen LogP contribution in [0.1, 0.15) is 19.3 Å². The van der Waals surface area contributed by atoms with Crippen LogP contribution in [0.15, 0.2) is 40.1 Å². The van der Waals surface area contributed by atoms with Crippen LogP contribution in [0.4, 0.5) is 0 Å². The molecule has 2 fully saturated rings. The van der Waals surface area contributed by atoms with Crippen molar-refractivity contribution in [1.82, 2.24) is 9.97 Å². The number of H-pyrrole nitrogens is 2. The van der Waals surface area contributed by atoms with Crippen molar-refractivity contribution in [2.45, 2.75) is 62.2 Å². The third kappa shape index (κ3) is 5.81. The Morgan fingerprint density at radius 1 is 0.943 bits per heavy atom. The van der Waals surface area contributed by atoms with Crippen LogP contribution >= 0.6 is 0 Å². The average Bonchev–Trinajstić information content (AvgIpc) is 2.84. The zero-order valence-corrected chi connectivity index (χ0v) is 18.8. The van der Waals surface area contributed by atoms with Crippen molar-refractivity contribution in [3.8, 4) is 16.9 Å². The van der Waals surface area contributed by atoms with E-state index in [-0.39, 0.29) is 38.0 Å². The first-order valence-corrected chi connectivity index (χ1v) is 11.4. The predicted molar refractivity (Wildman–Crippen MR) is 121 cm³/mol. The Bertz CT molecular complexity index is 1090. The van der Waals surface area contributed by atoms with Crippen LogP contribution in [0.2, 0.25) is 0 Å². The van der Waals surface area contributed by atoms with E-state index in [2.05, 4.69) is 9.97 Å². The molecule has 6 unspecified atom stereocenters. The molecule has 0 spiro atoms. The second-order valence-electron chi connectivity index (χ2n) is 8.93. The molecular weight excluding hydrogens is 464 g/mol. The van der Waals surface area contributed by atoms with E-state index in [0.717, 1.165) is 0 Å². The normalized spacial score (nSPS) is 33.4. The molecule has 0 aliphatic carbocycles. The molecule has 7 N–H and O–H groups in total. The molecule has 8 atom stereocenters. The van der Waals surface area contributed by atoms with Crippen LogP contribution in [0, 0.1) is 5.92 Å². The fourth-order valence-electron chi connectivity index (χ4n) is 4.60. The molecule has 0 radical (unpaired) electrons. The maximum atomic E-state index is 12.0. The lowest BCUT2D eigenvalue weighted by molar-refractivity contribution is -0.240. The highest BCUT2D eigenvalue weighted by Crippen LogP contribution is 2.34. The lowest BCUT2D eigenvalue weighted by atomic mass is 9.83. The monoisotopic (exact) mass is 494 g/mol. The first kappa shape index (κ1) is 25.5. The van der Waals surface area contributed by atoms with Crippen LogP contribution in [-0.4, -0.2) is 91.6 Å². The van der Waals surface area contributed by atoms with Crippen LogP contribution in [0.25, 0.3) is 11.1 Å². The first-order valence-electron chi connectivity index (χ1n) is 11.4. The Kier molecular flexibility index (Phi) is 8.02. The quantitative estimate of drug-likeness (QED) is 0.237. The highest BCUT2D eigenvalue weighted by Gasteiger charge is 2.44. The zero-order valence-electron chi connectivity index (χ0n) is 18.8. The maximum absolute atomic E-state index is 12.0. The van der Waals surface area contributed by atoms with Gasteiger partial charge in [0.2, 0.25) is 6.29 Å². The van der Waals surface area contributed by atoms with Crippen LogP contribution in [0.5, 0.6) is 5.75 Å². The molecule has 1 aromatic carbocycles. The van der Waals surface area contributed by atoms with E-state index < -0.39 is 60.1 Å². The number of benzene rings is 1. The number of rotatable bonds is 7. The summed E-state index contributed by atoms with van der Waals surface area (Å²) in [6, 6.07) is 6.36. The molecule has 4 rings (SSSR count). The number of ether oxygens (including phenoxy) is 3. The van der Waals surface area contributed by atoms with Gasteiger partial charge in [0.25, 0.3) is 5.56 Å². The van der Waals surface area contributed by atoms with Gasteiger partial charge in [0.1, 0.15) is 18.0 Å². The Balaban J connectivity index is 1.46. The number of nitrogens with one attached hydrogen (secondary N) is 2. The molecule has 0 amide bonds. The van der Waals surface area contributed by atoms with Gasteiger partial charge in [-0.25, -0.2) is 4.79 Å². The van der Waals surface area contributed by atoms with Crippen molar-refractivity contribution >= 4 is 0 Å². The highest BCUT2D eigenvalue weighted by molar-refractivity contribution is 5.62. The molecule has 0 saturated carbocycles. The molecule has 0 bridgehead atoms. The standard InChI is InChI=1S/C23H30N2O10/c26-9-14-5-12(6-18-20(30)17(28)7-15(10-27)33-18)19(29)22(35-14)34-13-3-1-11(2-4-13)16-8-24-23(32)25-21(16)31/h1-4,8,12,14-15,17-20,22,26-30H,5-7,9-10H2,(H2,24,25,31,32)/t12?,14?,15?,17?,18-,19?,20?,22+/m1/s1. The zero-order chi connectivity index (χ0) is 25.1. The summed E-state index contributed by atoms with van der Waals surface area (Å²) in [5, 5.41) is 50.5. The van der Waals surface area contributed by atoms with Gasteiger partial charge in [0.15, 0.2) is 0 Å². The van der Waals surface area contributed by atoms with Crippen molar-refractivity contribution < 1.29 is 39.7 Å². The number of aliphatic hydroxyl groups is 5. The number of hydrogen-bond acceptors (Lipinski definition) is 10. The summed E-state index contributed by atoms with van der Waals surface area (Å²) in [5.74, 6) is -0.158. The largest absolute Gasteiger partial charge is 0.462 e. The van der Waals surface area contributed by atoms with Gasteiger partial charge in [0.05, 0.1) is 43.2 Å². The smallest absolute Gasteiger partial charge is 0.325 e. The van der Waals surface area contributed by atoms with Gasteiger partial charge >= 0.3 is 5.69 Å². The molecule has 2 aliphatic rings. The predicted octanol–water partition coefficient (Wildman–Crippen LogP) is -1.54. The van der Waals surface area contributed by atoms with Crippen molar-refractivity contribution in [3.63, 3.8) is 0 Å². The minimum atomic E-state index is -1.18. The summed E-state index contributed by atoms with van der Waals surface area (Å²) in [6.45, 7) is -0.616. The molecule has 35 heavy (non-hydrogen) atoms. The molecule has 2 aliphatic heterocycles. The van der Waals surface area contributed by atoms with Crippen molar-refractivity contribution in [2.75, 3.05) is 13.2 Å². The van der Waals surface area contributed by atoms with Crippen LogP contribution < -0.4 is 16.0 Å². The second kappa shape index (κ2) is 11.0. The molecule has 192 valence electrons. The Labute approximate surface area is 199 Å². The molecule has 1 aromatic heterocycles. The maximum Gasteiger partial charge on any atom is 0.325 e. The van der Waals surface area contributed by atoms with E-state index in [9.17, 15) is 35.1 Å². The van der Waals surface area contributed by atoms with E-state index in [0.29, 0.717) is 11.3 Å². The van der Waals surface area contributed by atoms with Crippen molar-refractivity contribution in [3.05, 3.63) is 51.3 Å². The SMILES string of the molecule is O=c1[nH]cc(-c2ccc(O[C@H]3OC(CO)CC(C[C@H]4OC(CO)CC(O)C4O)C3O)cc2)c(=O)[nH]1. The van der Waals surface area contributed by atoms with Gasteiger partial charge in [-0.2, -0.15) is 0 Å². The van der Waals surface area contributed by atoms with Gasteiger partial charge < -0.3 is 44.7 Å². The van der Waals surface area contributed by atoms with Gasteiger partial charge in [-0.05, 0) is 36.5 Å². The second-order valence-corrected chi connectivity index (χ2v) is 8.93. The summed E-state index contributed by atoms with van der Waals surface area (Å²) in [5.41, 5.74) is -0.350. The van der Waals surface area contributed by atoms with E-state index in [4.69, 9.17) is 14.2 Å². The van der Waals surface area contributed by atoms with Gasteiger partial charge in [-0.1, -0.05) is 12.1 Å². The fourth-order valence-corrected chi connectivity index (χ4v) is 4.60. The summed E-state index contributed by atoms with van der Waals surface area (Å²) in [4.78, 5) is 27.8. The number of aliphatic hydroxyl groups excluding tert-OH is 5. The number of aromatic nitrogens is 2. The lowest BCUT2D eigenvalue weighted by Crippen LogP contribution is -2.54. The number of hydrogen-bond donors (Lipinski definition) is 7. The summed E-state index contributed by atoms with van der Waals surface area (Å²) < 4.78 is 17.2. The van der Waals surface area contributed by atoms with E-state index in [1.165, 1.54) is 6.20 Å². The topological polar surface area (TPSA) is 195 Å². The molecular formula is C23H30N2O10. The van der Waals surface area contributed by atoms with Crippen LogP contribution in [-0.2, 0) is 9.47 Å². The van der Waals surface area contributed by atoms with E-state index >= 15 is 0 Å². The van der Waals surface area contributed by atoms with E-state index in [1.54, 1.807) is 24.3 Å². The fraction of sp³-hybridized carbons (Fsp3) is 0.565. The average molecular weight is 494 g/mol. The van der Waals surface area contributed by atoms with Crippen molar-refractivity contribution in [1.29, 1.82) is 0 Å². The van der Waals surface area contributed by atoms with Crippen LogP contribution in [0.3, 0.4) is 0 Å². The lowest BCUT2D eigenvalue weighted by Gasteiger charge is -2.42. The summed E-state index contributed by atoms with van der Waals surface area (Å²) >= 11 is 0. The van der Waals surface area contributed by atoms with Gasteiger partial charge in [-0.15, -0.1) is 0 Å². The minimum absolute atomic E-state index is 0.108. The third-order valence-corrected chi connectivity index (χ3v) is 6.48. The molecule has 3 heterocycles. The number of aromatic amines is 2. The molecule has 2 saturated heterocycles. The molecule has 12 nitrogen and oxygen atoms in total. The minimum Gasteiger partial charge on any atom is -0.462 e. The summed E-state index contributed by atoms with van der Waals surface area (Å²) in [7, 11) is 0. The Morgan fingerprint density at radius 3 is 2.29 bits per heavy atom. The third-order valence-electron chi connectivity index (χ3n) is 6.48. The molecule has 2 aromatic rings. The Hall–Kier alpha value is -2.58. The van der Waals surface area contributed by atoms with Gasteiger partial charge in [-0.3, -0.25) is 9.78 Å². The highest BCUT2D eigenvalue weighted by atomic mass is 16.7. The first-order chi connectivity index (χ1) is 16.8. The van der Waals surface area contributed by atoms with Gasteiger partial charge in [0, 0.05) is 12.6 Å². The van der Waals surface area contributed by atoms with Crippen molar-refractivity contribution in [2.24, 2.45) is 5.92 Å². The summed E-state index contributed by atoms with van der Waals surface area (Å²) in [6.07, 6.45) is -4.73. The molecule has 12 heteroatoms. The Morgan fingerprint density at radius 2 is 1.63 bits per heavy atom.